The predicted molar refractivity (Wildman–Crippen MR) is 71.9 cm³/mol. The third-order valence-electron chi connectivity index (χ3n) is 3.51. The van der Waals surface area contributed by atoms with E-state index in [-0.39, 0.29) is 12.5 Å². The van der Waals surface area contributed by atoms with Crippen LogP contribution < -0.4 is 4.90 Å². The molecule has 98 valence electrons. The Balaban J connectivity index is 1.84. The molecule has 0 unspecified atom stereocenters. The molecule has 0 saturated carbocycles. The van der Waals surface area contributed by atoms with Crippen molar-refractivity contribution in [1.29, 1.82) is 0 Å². The van der Waals surface area contributed by atoms with E-state index in [4.69, 9.17) is 0 Å². The summed E-state index contributed by atoms with van der Waals surface area (Å²) in [6, 6.07) is 8.11. The molecule has 0 radical (unpaired) electrons. The van der Waals surface area contributed by atoms with Crippen LogP contribution in [0.5, 0.6) is 0 Å². The van der Waals surface area contributed by atoms with Crippen molar-refractivity contribution < 1.29 is 4.79 Å². The van der Waals surface area contributed by atoms with E-state index in [9.17, 15) is 4.79 Å². The minimum Gasteiger partial charge on any atom is -0.311 e. The first kappa shape index (κ1) is 11.9. The van der Waals surface area contributed by atoms with Crippen LogP contribution in [0.2, 0.25) is 0 Å². The van der Waals surface area contributed by atoms with Crippen LogP contribution in [-0.2, 0) is 17.8 Å². The topological polar surface area (TPSA) is 51.0 Å². The highest BCUT2D eigenvalue weighted by molar-refractivity contribution is 5.94. The Bertz CT molecular complexity index is 605. The molecule has 0 atom stereocenters. The van der Waals surface area contributed by atoms with Gasteiger partial charge >= 0.3 is 0 Å². The van der Waals surface area contributed by atoms with Gasteiger partial charge in [0.1, 0.15) is 6.54 Å². The Morgan fingerprint density at radius 2 is 2.21 bits per heavy atom. The van der Waals surface area contributed by atoms with Gasteiger partial charge in [-0.2, -0.15) is 0 Å². The zero-order valence-electron chi connectivity index (χ0n) is 10.9. The van der Waals surface area contributed by atoms with E-state index < -0.39 is 0 Å². The Kier molecular flexibility index (Phi) is 3.03. The summed E-state index contributed by atoms with van der Waals surface area (Å²) in [7, 11) is 0. The number of aromatic nitrogens is 3. The number of para-hydroxylation sites is 1. The van der Waals surface area contributed by atoms with Gasteiger partial charge in [-0.3, -0.25) is 4.79 Å². The predicted octanol–water partition coefficient (Wildman–Crippen LogP) is 1.57. The van der Waals surface area contributed by atoms with E-state index in [1.165, 1.54) is 5.56 Å². The van der Waals surface area contributed by atoms with Crippen molar-refractivity contribution >= 4 is 11.6 Å². The van der Waals surface area contributed by atoms with Crippen LogP contribution in [0.15, 0.2) is 30.5 Å². The Hall–Kier alpha value is -2.17. The van der Waals surface area contributed by atoms with E-state index >= 15 is 0 Å². The van der Waals surface area contributed by atoms with Gasteiger partial charge < -0.3 is 4.90 Å². The number of fused-ring (bicyclic) bond motifs is 1. The average molecular weight is 256 g/mol. The molecule has 1 amide bonds. The highest BCUT2D eigenvalue weighted by Gasteiger charge is 2.22. The molecule has 19 heavy (non-hydrogen) atoms. The zero-order valence-corrected chi connectivity index (χ0v) is 10.9. The van der Waals surface area contributed by atoms with Gasteiger partial charge in [0.2, 0.25) is 5.91 Å². The second kappa shape index (κ2) is 4.84. The first-order valence-corrected chi connectivity index (χ1v) is 6.49. The molecule has 1 aliphatic rings. The van der Waals surface area contributed by atoms with Crippen molar-refractivity contribution in [3.8, 4) is 0 Å². The molecule has 2 heterocycles. The number of hydrogen-bond donors (Lipinski definition) is 0. The standard InChI is InChI=1S/C14H16N4O/c1-11-9-15-16-18(11)10-14(19)17-8-4-6-12-5-2-3-7-13(12)17/h2-3,5,7,9H,4,6,8,10H2,1H3. The fraction of sp³-hybridized carbons (Fsp3) is 0.357. The number of amides is 1. The van der Waals surface area contributed by atoms with E-state index in [1.54, 1.807) is 10.9 Å². The molecule has 1 aromatic carbocycles. The monoisotopic (exact) mass is 256 g/mol. The van der Waals surface area contributed by atoms with Crippen LogP contribution in [0.25, 0.3) is 0 Å². The summed E-state index contributed by atoms with van der Waals surface area (Å²) >= 11 is 0. The summed E-state index contributed by atoms with van der Waals surface area (Å²) in [6.45, 7) is 2.93. The van der Waals surface area contributed by atoms with Crippen molar-refractivity contribution in [2.24, 2.45) is 0 Å². The number of rotatable bonds is 2. The van der Waals surface area contributed by atoms with Crippen molar-refractivity contribution in [3.05, 3.63) is 41.7 Å². The molecular weight excluding hydrogens is 240 g/mol. The minimum atomic E-state index is 0.0701. The third kappa shape index (κ3) is 2.23. The molecule has 0 fully saturated rings. The average Bonchev–Trinajstić information content (AvgIpc) is 2.83. The van der Waals surface area contributed by atoms with Gasteiger partial charge in [0.25, 0.3) is 0 Å². The van der Waals surface area contributed by atoms with Gasteiger partial charge in [0, 0.05) is 12.2 Å². The maximum atomic E-state index is 12.4. The third-order valence-corrected chi connectivity index (χ3v) is 3.51. The molecule has 5 nitrogen and oxygen atoms in total. The number of nitrogens with zero attached hydrogens (tertiary/aromatic N) is 4. The second-order valence-electron chi connectivity index (χ2n) is 4.81. The molecule has 3 rings (SSSR count). The van der Waals surface area contributed by atoms with E-state index in [2.05, 4.69) is 16.4 Å². The highest BCUT2D eigenvalue weighted by atomic mass is 16.2. The van der Waals surface area contributed by atoms with Crippen molar-refractivity contribution in [1.82, 2.24) is 15.0 Å². The number of benzene rings is 1. The Labute approximate surface area is 111 Å². The lowest BCUT2D eigenvalue weighted by Gasteiger charge is -2.29. The van der Waals surface area contributed by atoms with Crippen LogP contribution >= 0.6 is 0 Å². The molecule has 5 heteroatoms. The van der Waals surface area contributed by atoms with Crippen molar-refractivity contribution in [3.63, 3.8) is 0 Å². The highest BCUT2D eigenvalue weighted by Crippen LogP contribution is 2.26. The first-order chi connectivity index (χ1) is 9.25. The second-order valence-corrected chi connectivity index (χ2v) is 4.81. The lowest BCUT2D eigenvalue weighted by molar-refractivity contribution is -0.119. The Morgan fingerprint density at radius 3 is 3.00 bits per heavy atom. The van der Waals surface area contributed by atoms with E-state index in [0.717, 1.165) is 30.8 Å². The lowest BCUT2D eigenvalue weighted by atomic mass is 10.0. The minimum absolute atomic E-state index is 0.0701. The molecule has 1 aromatic heterocycles. The fourth-order valence-electron chi connectivity index (χ4n) is 2.47. The van der Waals surface area contributed by atoms with Crippen LogP contribution in [0.1, 0.15) is 17.7 Å². The van der Waals surface area contributed by atoms with Crippen LogP contribution in [-0.4, -0.2) is 27.4 Å². The van der Waals surface area contributed by atoms with Gasteiger partial charge in [-0.15, -0.1) is 5.10 Å². The van der Waals surface area contributed by atoms with Gasteiger partial charge in [0.05, 0.1) is 11.9 Å². The van der Waals surface area contributed by atoms with Crippen LogP contribution in [0, 0.1) is 6.92 Å². The summed E-state index contributed by atoms with van der Waals surface area (Å²) in [5.74, 6) is 0.0701. The normalized spacial score (nSPS) is 14.3. The molecule has 0 N–H and O–H groups in total. The van der Waals surface area contributed by atoms with E-state index in [0.29, 0.717) is 0 Å². The van der Waals surface area contributed by atoms with Crippen LogP contribution in [0.4, 0.5) is 5.69 Å². The molecule has 0 spiro atoms. The number of aryl methyl sites for hydroxylation is 2. The van der Waals surface area contributed by atoms with Gasteiger partial charge in [-0.05, 0) is 31.4 Å². The van der Waals surface area contributed by atoms with Crippen molar-refractivity contribution in [2.75, 3.05) is 11.4 Å². The lowest BCUT2D eigenvalue weighted by Crippen LogP contribution is -2.38. The zero-order chi connectivity index (χ0) is 13.2. The molecule has 1 aliphatic heterocycles. The maximum absolute atomic E-state index is 12.4. The van der Waals surface area contributed by atoms with Crippen molar-refractivity contribution in [2.45, 2.75) is 26.3 Å². The number of carbonyl (C=O) groups excluding carboxylic acids is 1. The van der Waals surface area contributed by atoms with Crippen LogP contribution in [0.3, 0.4) is 0 Å². The molecule has 2 aromatic rings. The van der Waals surface area contributed by atoms with E-state index in [1.807, 2.05) is 30.0 Å². The number of anilines is 1. The summed E-state index contributed by atoms with van der Waals surface area (Å²) in [5, 5.41) is 7.73. The molecular formula is C14H16N4O. The largest absolute Gasteiger partial charge is 0.311 e. The van der Waals surface area contributed by atoms with Gasteiger partial charge in [-0.1, -0.05) is 23.4 Å². The molecule has 0 saturated heterocycles. The summed E-state index contributed by atoms with van der Waals surface area (Å²) < 4.78 is 1.64. The summed E-state index contributed by atoms with van der Waals surface area (Å²) in [6.07, 6.45) is 3.72. The molecule has 0 bridgehead atoms. The summed E-state index contributed by atoms with van der Waals surface area (Å²) in [4.78, 5) is 14.3. The number of hydrogen-bond acceptors (Lipinski definition) is 3. The summed E-state index contributed by atoms with van der Waals surface area (Å²) in [5.41, 5.74) is 3.19. The quantitative estimate of drug-likeness (QED) is 0.819. The SMILES string of the molecule is Cc1cnnn1CC(=O)N1CCCc2ccccc21. The molecule has 0 aliphatic carbocycles. The first-order valence-electron chi connectivity index (χ1n) is 6.49. The smallest absolute Gasteiger partial charge is 0.248 e. The number of carbonyl (C=O) groups is 1. The maximum Gasteiger partial charge on any atom is 0.248 e. The Morgan fingerprint density at radius 1 is 1.37 bits per heavy atom. The van der Waals surface area contributed by atoms with Gasteiger partial charge in [-0.25, -0.2) is 4.68 Å². The van der Waals surface area contributed by atoms with Gasteiger partial charge in [0.15, 0.2) is 0 Å². The fourth-order valence-corrected chi connectivity index (χ4v) is 2.47.